The molecule has 0 fully saturated rings. The third-order valence-corrected chi connectivity index (χ3v) is 15.8. The summed E-state index contributed by atoms with van der Waals surface area (Å²) in [6.45, 7) is 24.3. The molecule has 1 N–H and O–H groups in total. The van der Waals surface area contributed by atoms with Gasteiger partial charge in [0.2, 0.25) is 3.79 Å². The van der Waals surface area contributed by atoms with E-state index in [9.17, 15) is 19.5 Å². The number of aryl methyl sites for hydroxylation is 1. The van der Waals surface area contributed by atoms with Crippen LogP contribution in [0, 0.1) is 24.2 Å². The molecule has 1 rings (SSSR count). The number of rotatable bonds is 22. The Bertz CT molecular complexity index is 1410. The van der Waals surface area contributed by atoms with E-state index in [0.29, 0.717) is 12.8 Å². The van der Waals surface area contributed by atoms with Crippen LogP contribution in [-0.4, -0.2) is 70.6 Å². The monoisotopic (exact) mass is 853 g/mol. The van der Waals surface area contributed by atoms with Gasteiger partial charge in [0, 0.05) is 10.8 Å². The second kappa shape index (κ2) is 22.5. The number of halogens is 3. The smallest absolute Gasteiger partial charge is 0.460 e. The Kier molecular flexibility index (Phi) is 21.0. The van der Waals surface area contributed by atoms with Gasteiger partial charge in [-0.3, -0.25) is 9.59 Å². The average molecular weight is 855 g/mol. The van der Waals surface area contributed by atoms with Gasteiger partial charge in [0.05, 0.1) is 35.2 Å². The average Bonchev–Trinajstić information content (AvgIpc) is 3.48. The second-order valence-electron chi connectivity index (χ2n) is 16.1. The summed E-state index contributed by atoms with van der Waals surface area (Å²) in [6.07, 6.45) is 3.09. The van der Waals surface area contributed by atoms with Gasteiger partial charge >= 0.3 is 12.1 Å². The summed E-state index contributed by atoms with van der Waals surface area (Å²) in [6, 6.07) is 2.49. The van der Waals surface area contributed by atoms with Gasteiger partial charge in [-0.05, 0) is 103 Å². The van der Waals surface area contributed by atoms with Crippen LogP contribution in [0.15, 0.2) is 22.6 Å². The highest BCUT2D eigenvalue weighted by molar-refractivity contribution is 7.09. The molecule has 0 aromatic carbocycles. The Morgan fingerprint density at radius 3 is 2.11 bits per heavy atom. The van der Waals surface area contributed by atoms with Crippen molar-refractivity contribution in [3.8, 4) is 0 Å². The first-order valence-electron chi connectivity index (χ1n) is 19.1. The number of carbonyl (C=O) groups is 3. The number of ketones is 1. The standard InChI is InChI=1S/C40H66Cl3NO8SSi/c1-14-54(15-2,16-3)52-33(23-34(46)51-38(9,10)11)39(12,13)36(47)29(7)35(50-37(48)49-25-40(41,42)43)27(5)19-17-18-26(4)20-21-32(45)28(6)22-31-24-53-30(8)44-31/h20,22,24,27,29,32-33,35,45H,14-19,21,23,25H2,1-13H3/b26-20-,28-22+/t27-,29+,32-,33-,35-/m0/s1. The zero-order chi connectivity index (χ0) is 41.7. The minimum atomic E-state index is -2.30. The molecule has 0 bridgehead atoms. The molecule has 1 heterocycles. The van der Waals surface area contributed by atoms with Crippen LogP contribution in [0.25, 0.3) is 6.08 Å². The Morgan fingerprint density at radius 2 is 1.61 bits per heavy atom. The minimum Gasteiger partial charge on any atom is -0.460 e. The molecule has 310 valence electrons. The Balaban J connectivity index is 3.28. The van der Waals surface area contributed by atoms with Crippen molar-refractivity contribution < 1.29 is 38.1 Å². The number of ether oxygens (including phenoxy) is 3. The molecule has 0 spiro atoms. The van der Waals surface area contributed by atoms with Gasteiger partial charge < -0.3 is 23.7 Å². The van der Waals surface area contributed by atoms with Crippen molar-refractivity contribution in [1.29, 1.82) is 0 Å². The van der Waals surface area contributed by atoms with E-state index < -0.39 is 66.1 Å². The number of hydrogen-bond acceptors (Lipinski definition) is 10. The number of Topliss-reactive ketones (excluding diaryl/α,β-unsaturated/α-hetero) is 1. The predicted molar refractivity (Wildman–Crippen MR) is 225 cm³/mol. The molecular weight excluding hydrogens is 789 g/mol. The van der Waals surface area contributed by atoms with Gasteiger partial charge in [-0.1, -0.05) is 94.9 Å². The van der Waals surface area contributed by atoms with Crippen LogP contribution < -0.4 is 0 Å². The van der Waals surface area contributed by atoms with Crippen molar-refractivity contribution in [2.75, 3.05) is 6.61 Å². The number of alkyl halides is 3. The van der Waals surface area contributed by atoms with E-state index in [-0.39, 0.29) is 18.1 Å². The predicted octanol–water partition coefficient (Wildman–Crippen LogP) is 11.6. The molecule has 14 heteroatoms. The number of nitrogens with zero attached hydrogens (tertiary/aromatic N) is 1. The molecule has 0 unspecified atom stereocenters. The van der Waals surface area contributed by atoms with E-state index in [1.54, 1.807) is 52.9 Å². The van der Waals surface area contributed by atoms with Crippen molar-refractivity contribution >= 4 is 78.4 Å². The normalized spacial score (nSPS) is 16.3. The largest absolute Gasteiger partial charge is 0.508 e. The van der Waals surface area contributed by atoms with Gasteiger partial charge in [0.25, 0.3) is 0 Å². The number of esters is 1. The maximum atomic E-state index is 14.6. The third-order valence-electron chi connectivity index (χ3n) is 10.0. The lowest BCUT2D eigenvalue weighted by Gasteiger charge is -2.42. The lowest BCUT2D eigenvalue weighted by molar-refractivity contribution is -0.160. The molecule has 0 saturated carbocycles. The van der Waals surface area contributed by atoms with Crippen LogP contribution in [0.4, 0.5) is 4.79 Å². The highest BCUT2D eigenvalue weighted by Gasteiger charge is 2.48. The zero-order valence-electron chi connectivity index (χ0n) is 34.8. The van der Waals surface area contributed by atoms with Crippen molar-refractivity contribution in [2.45, 2.75) is 168 Å². The van der Waals surface area contributed by atoms with E-state index in [0.717, 1.165) is 52.8 Å². The second-order valence-corrected chi connectivity index (χ2v) is 24.4. The number of allylic oxidation sites excluding steroid dienone is 1. The van der Waals surface area contributed by atoms with Gasteiger partial charge in [0.1, 0.15) is 24.1 Å². The van der Waals surface area contributed by atoms with E-state index in [2.05, 4.69) is 25.8 Å². The van der Waals surface area contributed by atoms with Gasteiger partial charge in [-0.2, -0.15) is 0 Å². The molecule has 5 atom stereocenters. The van der Waals surface area contributed by atoms with Crippen molar-refractivity contribution in [3.63, 3.8) is 0 Å². The van der Waals surface area contributed by atoms with Crippen molar-refractivity contribution in [2.24, 2.45) is 17.3 Å². The topological polar surface area (TPSA) is 121 Å². The maximum absolute atomic E-state index is 14.6. The van der Waals surface area contributed by atoms with Gasteiger partial charge in [0.15, 0.2) is 8.32 Å². The van der Waals surface area contributed by atoms with Gasteiger partial charge in [-0.25, -0.2) is 9.78 Å². The number of hydrogen-bond donors (Lipinski definition) is 1. The molecular formula is C40H66Cl3NO8SSi. The Labute approximate surface area is 345 Å². The van der Waals surface area contributed by atoms with Crippen molar-refractivity contribution in [3.05, 3.63) is 33.3 Å². The maximum Gasteiger partial charge on any atom is 0.508 e. The van der Waals surface area contributed by atoms with Crippen LogP contribution in [-0.2, 0) is 28.2 Å². The fourth-order valence-corrected chi connectivity index (χ4v) is 10.1. The summed E-state index contributed by atoms with van der Waals surface area (Å²) in [7, 11) is -2.30. The SMILES string of the molecule is CC[Si](CC)(CC)O[C@@H](CC(=O)OC(C)(C)C)C(C)(C)C(=O)[C@H](C)[C@@H](OC(=O)OCC(Cl)(Cl)Cl)[C@@H](C)CCC/C(C)=C\C[C@H](O)/C(C)=C/c1csc(C)n1. The lowest BCUT2D eigenvalue weighted by Crippen LogP contribution is -2.52. The van der Waals surface area contributed by atoms with Crippen molar-refractivity contribution in [1.82, 2.24) is 4.98 Å². The summed E-state index contributed by atoms with van der Waals surface area (Å²) < 4.78 is 21.7. The summed E-state index contributed by atoms with van der Waals surface area (Å²) in [4.78, 5) is 45.2. The summed E-state index contributed by atoms with van der Waals surface area (Å²) in [5, 5.41) is 13.7. The first kappa shape index (κ1) is 50.5. The van der Waals surface area contributed by atoms with E-state index >= 15 is 0 Å². The number of aromatic nitrogens is 1. The molecule has 0 aliphatic carbocycles. The number of thiazole rings is 1. The fourth-order valence-electron chi connectivity index (χ4n) is 6.42. The molecule has 0 radical (unpaired) electrons. The third kappa shape index (κ3) is 17.8. The van der Waals surface area contributed by atoms with Gasteiger partial charge in [-0.15, -0.1) is 11.3 Å². The molecule has 1 aromatic rings. The molecule has 9 nitrogen and oxygen atoms in total. The number of aliphatic hydroxyl groups excluding tert-OH is 1. The molecule has 1 aromatic heterocycles. The number of carbonyl (C=O) groups excluding carboxylic acids is 3. The first-order chi connectivity index (χ1) is 24.8. The zero-order valence-corrected chi connectivity index (χ0v) is 38.9. The summed E-state index contributed by atoms with van der Waals surface area (Å²) >= 11 is 19.0. The van der Waals surface area contributed by atoms with Crippen LogP contribution >= 0.6 is 46.1 Å². The highest BCUT2D eigenvalue weighted by Crippen LogP contribution is 2.38. The van der Waals surface area contributed by atoms with Crippen LogP contribution in [0.3, 0.4) is 0 Å². The number of aliphatic hydroxyl groups is 1. The Morgan fingerprint density at radius 1 is 1.02 bits per heavy atom. The molecule has 0 saturated heterocycles. The molecule has 54 heavy (non-hydrogen) atoms. The highest BCUT2D eigenvalue weighted by atomic mass is 35.6. The van der Waals surface area contributed by atoms with E-state index in [1.165, 1.54) is 0 Å². The van der Waals surface area contributed by atoms with Crippen LogP contribution in [0.5, 0.6) is 0 Å². The Hall–Kier alpha value is -1.47. The summed E-state index contributed by atoms with van der Waals surface area (Å²) in [5.74, 6) is -1.73. The quantitative estimate of drug-likeness (QED) is 0.0526. The fraction of sp³-hybridized carbons (Fsp3) is 0.750. The van der Waals surface area contributed by atoms with E-state index in [1.807, 2.05) is 45.2 Å². The lowest BCUT2D eigenvalue weighted by atomic mass is 9.73. The molecule has 0 aliphatic rings. The summed E-state index contributed by atoms with van der Waals surface area (Å²) in [5.41, 5.74) is 0.940. The molecule has 0 aliphatic heterocycles. The first-order valence-corrected chi connectivity index (χ1v) is 23.6. The minimum absolute atomic E-state index is 0.0932. The van der Waals surface area contributed by atoms with Crippen LogP contribution in [0.2, 0.25) is 18.1 Å². The van der Waals surface area contributed by atoms with E-state index in [4.69, 9.17) is 53.4 Å². The van der Waals surface area contributed by atoms with Crippen LogP contribution in [0.1, 0.15) is 126 Å². The molecule has 0 amide bonds.